The van der Waals surface area contributed by atoms with Crippen LogP contribution in [0.4, 0.5) is 14.5 Å². The van der Waals surface area contributed by atoms with E-state index in [1.807, 2.05) is 13.8 Å². The summed E-state index contributed by atoms with van der Waals surface area (Å²) in [4.78, 5) is 12.3. The summed E-state index contributed by atoms with van der Waals surface area (Å²) in [6.07, 6.45) is 1.60. The lowest BCUT2D eigenvalue weighted by Crippen LogP contribution is -2.14. The van der Waals surface area contributed by atoms with E-state index in [-0.39, 0.29) is 11.6 Å². The molecule has 0 spiro atoms. The number of hydrogen-bond acceptors (Lipinski definition) is 3. The zero-order valence-electron chi connectivity index (χ0n) is 12.5. The second-order valence-electron chi connectivity index (χ2n) is 5.44. The van der Waals surface area contributed by atoms with Crippen molar-refractivity contribution in [3.63, 3.8) is 0 Å². The first-order valence-electron chi connectivity index (χ1n) is 7.07. The number of benzene rings is 1. The number of amides is 1. The third-order valence-corrected chi connectivity index (χ3v) is 3.39. The van der Waals surface area contributed by atoms with Crippen LogP contribution in [0.15, 0.2) is 36.5 Å². The van der Waals surface area contributed by atoms with Gasteiger partial charge in [0.25, 0.3) is 5.91 Å². The highest BCUT2D eigenvalue weighted by molar-refractivity contribution is 6.04. The Bertz CT molecular complexity index is 889. The van der Waals surface area contributed by atoms with Gasteiger partial charge in [0.2, 0.25) is 0 Å². The number of aromatic nitrogens is 3. The van der Waals surface area contributed by atoms with Crippen LogP contribution in [0.25, 0.3) is 5.65 Å². The molecule has 0 fully saturated rings. The third kappa shape index (κ3) is 2.90. The van der Waals surface area contributed by atoms with Crippen molar-refractivity contribution in [3.05, 3.63) is 59.6 Å². The van der Waals surface area contributed by atoms with Gasteiger partial charge in [0.1, 0.15) is 17.5 Å². The first-order valence-corrected chi connectivity index (χ1v) is 7.07. The van der Waals surface area contributed by atoms with E-state index < -0.39 is 17.5 Å². The maximum absolute atomic E-state index is 13.6. The lowest BCUT2D eigenvalue weighted by Gasteiger charge is -2.08. The van der Waals surface area contributed by atoms with Crippen molar-refractivity contribution in [2.45, 2.75) is 19.8 Å². The highest BCUT2D eigenvalue weighted by Crippen LogP contribution is 2.18. The molecule has 5 nitrogen and oxygen atoms in total. The van der Waals surface area contributed by atoms with Crippen molar-refractivity contribution < 1.29 is 13.6 Å². The molecule has 0 aliphatic carbocycles. The molecule has 3 rings (SSSR count). The van der Waals surface area contributed by atoms with E-state index in [1.165, 1.54) is 6.07 Å². The molecule has 0 saturated heterocycles. The molecule has 118 valence electrons. The van der Waals surface area contributed by atoms with E-state index in [2.05, 4.69) is 15.5 Å². The van der Waals surface area contributed by atoms with E-state index >= 15 is 0 Å². The second kappa shape index (κ2) is 5.75. The minimum absolute atomic E-state index is 0.0793. The number of pyridine rings is 1. The Hall–Kier alpha value is -2.83. The number of carbonyl (C=O) groups excluding carboxylic acids is 1. The molecule has 7 heteroatoms. The van der Waals surface area contributed by atoms with Crippen LogP contribution in [0, 0.1) is 11.6 Å². The largest absolute Gasteiger partial charge is 0.319 e. The van der Waals surface area contributed by atoms with Crippen molar-refractivity contribution in [1.82, 2.24) is 14.6 Å². The van der Waals surface area contributed by atoms with Gasteiger partial charge in [0, 0.05) is 18.2 Å². The van der Waals surface area contributed by atoms with E-state index in [9.17, 15) is 13.6 Å². The van der Waals surface area contributed by atoms with Crippen LogP contribution >= 0.6 is 0 Å². The molecule has 1 N–H and O–H groups in total. The summed E-state index contributed by atoms with van der Waals surface area (Å²) in [6.45, 7) is 3.94. The van der Waals surface area contributed by atoms with Gasteiger partial charge in [-0.1, -0.05) is 13.8 Å². The van der Waals surface area contributed by atoms with Crippen LogP contribution in [0.3, 0.4) is 0 Å². The van der Waals surface area contributed by atoms with Crippen LogP contribution < -0.4 is 5.32 Å². The second-order valence-corrected chi connectivity index (χ2v) is 5.44. The highest BCUT2D eigenvalue weighted by atomic mass is 19.1. The summed E-state index contributed by atoms with van der Waals surface area (Å²) in [5.74, 6) is -1.17. The Balaban J connectivity index is 1.93. The highest BCUT2D eigenvalue weighted by Gasteiger charge is 2.14. The number of carbonyl (C=O) groups is 1. The molecular weight excluding hydrogens is 302 g/mol. The molecule has 0 bridgehead atoms. The average molecular weight is 316 g/mol. The molecule has 2 aromatic heterocycles. The first-order chi connectivity index (χ1) is 11.0. The molecule has 0 aliphatic rings. The smallest absolute Gasteiger partial charge is 0.257 e. The predicted octanol–water partition coefficient (Wildman–Crippen LogP) is 3.38. The van der Waals surface area contributed by atoms with Gasteiger partial charge < -0.3 is 5.32 Å². The standard InChI is InChI=1S/C16H14F2N4O/c1-9(2)15-21-20-14-6-3-10(8-22(14)15)16(23)19-13-5-4-11(17)7-12(13)18/h3-9H,1-2H3,(H,19,23). The van der Waals surface area contributed by atoms with E-state index in [0.29, 0.717) is 11.2 Å². The van der Waals surface area contributed by atoms with E-state index in [4.69, 9.17) is 0 Å². The Morgan fingerprint density at radius 2 is 1.96 bits per heavy atom. The van der Waals surface area contributed by atoms with Crippen molar-refractivity contribution >= 4 is 17.2 Å². The summed E-state index contributed by atoms with van der Waals surface area (Å²) < 4.78 is 28.2. The number of fused-ring (bicyclic) bond motifs is 1. The molecule has 0 unspecified atom stereocenters. The first kappa shape index (κ1) is 15.1. The van der Waals surface area contributed by atoms with Crippen LogP contribution in [0.1, 0.15) is 35.9 Å². The van der Waals surface area contributed by atoms with Crippen molar-refractivity contribution in [2.75, 3.05) is 5.32 Å². The third-order valence-electron chi connectivity index (χ3n) is 3.39. The van der Waals surface area contributed by atoms with Gasteiger partial charge in [0.05, 0.1) is 11.3 Å². The normalized spacial score (nSPS) is 11.2. The van der Waals surface area contributed by atoms with Gasteiger partial charge in [-0.15, -0.1) is 10.2 Å². The number of nitrogens with one attached hydrogen (secondary N) is 1. The minimum Gasteiger partial charge on any atom is -0.319 e. The molecule has 1 amide bonds. The minimum atomic E-state index is -0.827. The van der Waals surface area contributed by atoms with Gasteiger partial charge in [-0.25, -0.2) is 8.78 Å². The maximum Gasteiger partial charge on any atom is 0.257 e. The van der Waals surface area contributed by atoms with Gasteiger partial charge >= 0.3 is 0 Å². The van der Waals surface area contributed by atoms with Crippen LogP contribution in [0.5, 0.6) is 0 Å². The number of hydrogen-bond donors (Lipinski definition) is 1. The molecule has 0 saturated carbocycles. The zero-order chi connectivity index (χ0) is 16.6. The number of rotatable bonds is 3. The maximum atomic E-state index is 13.6. The fraction of sp³-hybridized carbons (Fsp3) is 0.188. The average Bonchev–Trinajstić information content (AvgIpc) is 2.93. The molecule has 0 aliphatic heterocycles. The van der Waals surface area contributed by atoms with Crippen molar-refractivity contribution in [3.8, 4) is 0 Å². The fourth-order valence-corrected chi connectivity index (χ4v) is 2.22. The van der Waals surface area contributed by atoms with Crippen LogP contribution in [-0.2, 0) is 0 Å². The molecule has 23 heavy (non-hydrogen) atoms. The lowest BCUT2D eigenvalue weighted by atomic mass is 10.2. The van der Waals surface area contributed by atoms with E-state index in [1.54, 1.807) is 22.7 Å². The predicted molar refractivity (Wildman–Crippen MR) is 81.4 cm³/mol. The summed E-state index contributed by atoms with van der Waals surface area (Å²) in [5.41, 5.74) is 0.866. The van der Waals surface area contributed by atoms with Crippen LogP contribution in [0.2, 0.25) is 0 Å². The Kier molecular flexibility index (Phi) is 3.77. The molecule has 0 radical (unpaired) electrons. The molecule has 1 aromatic carbocycles. The molecule has 3 aromatic rings. The van der Waals surface area contributed by atoms with E-state index in [0.717, 1.165) is 18.0 Å². The zero-order valence-corrected chi connectivity index (χ0v) is 12.5. The fourth-order valence-electron chi connectivity index (χ4n) is 2.22. The summed E-state index contributed by atoms with van der Waals surface area (Å²) in [7, 11) is 0. The summed E-state index contributed by atoms with van der Waals surface area (Å²) in [6, 6.07) is 6.22. The number of halogens is 2. The molecule has 0 atom stereocenters. The Morgan fingerprint density at radius 1 is 1.17 bits per heavy atom. The molecular formula is C16H14F2N4O. The van der Waals surface area contributed by atoms with Gasteiger partial charge in [0.15, 0.2) is 5.65 Å². The summed E-state index contributed by atoms with van der Waals surface area (Å²) in [5, 5.41) is 10.5. The lowest BCUT2D eigenvalue weighted by molar-refractivity contribution is 0.102. The summed E-state index contributed by atoms with van der Waals surface area (Å²) >= 11 is 0. The Morgan fingerprint density at radius 3 is 2.65 bits per heavy atom. The van der Waals surface area contributed by atoms with Crippen molar-refractivity contribution in [1.29, 1.82) is 0 Å². The quantitative estimate of drug-likeness (QED) is 0.806. The topological polar surface area (TPSA) is 59.3 Å². The molecule has 2 heterocycles. The van der Waals surface area contributed by atoms with Gasteiger partial charge in [-0.2, -0.15) is 0 Å². The number of anilines is 1. The monoisotopic (exact) mass is 316 g/mol. The number of nitrogens with zero attached hydrogens (tertiary/aromatic N) is 3. The van der Waals surface area contributed by atoms with Gasteiger partial charge in [-0.3, -0.25) is 9.20 Å². The van der Waals surface area contributed by atoms with Crippen LogP contribution in [-0.4, -0.2) is 20.5 Å². The van der Waals surface area contributed by atoms with Crippen molar-refractivity contribution in [2.24, 2.45) is 0 Å². The Labute approximate surface area is 131 Å². The SMILES string of the molecule is CC(C)c1nnc2ccc(C(=O)Nc3ccc(F)cc3F)cn12. The van der Waals surface area contributed by atoms with Gasteiger partial charge in [-0.05, 0) is 24.3 Å².